The predicted octanol–water partition coefficient (Wildman–Crippen LogP) is 5.77. The number of methoxy groups -OCH3 is 1. The van der Waals surface area contributed by atoms with Crippen LogP contribution in [-0.4, -0.2) is 29.6 Å². The van der Waals surface area contributed by atoms with Gasteiger partial charge in [0.15, 0.2) is 5.69 Å². The Labute approximate surface area is 184 Å². The molecule has 27 heavy (non-hydrogen) atoms. The third-order valence-electron chi connectivity index (χ3n) is 3.99. The van der Waals surface area contributed by atoms with Crippen molar-refractivity contribution in [1.29, 1.82) is 0 Å². The van der Waals surface area contributed by atoms with E-state index >= 15 is 4.39 Å². The summed E-state index contributed by atoms with van der Waals surface area (Å²) in [5, 5.41) is 3.49. The maximum absolute atomic E-state index is 15.2. The number of anilines is 1. The van der Waals surface area contributed by atoms with E-state index in [9.17, 15) is 4.79 Å². The van der Waals surface area contributed by atoms with E-state index in [1.165, 1.54) is 19.2 Å². The highest BCUT2D eigenvalue weighted by atomic mass is 127. The summed E-state index contributed by atoms with van der Waals surface area (Å²) in [4.78, 5) is 20.5. The highest BCUT2D eigenvalue weighted by Crippen LogP contribution is 2.41. The molecule has 1 saturated carbocycles. The van der Waals surface area contributed by atoms with Crippen molar-refractivity contribution in [2.24, 2.45) is 0 Å². The van der Waals surface area contributed by atoms with Crippen LogP contribution in [0.15, 0.2) is 18.2 Å². The molecule has 1 heterocycles. The van der Waals surface area contributed by atoms with Gasteiger partial charge in [-0.05, 0) is 47.6 Å². The van der Waals surface area contributed by atoms with E-state index in [1.807, 2.05) is 0 Å². The number of hydrogen-bond acceptors (Lipinski definition) is 5. The molecule has 5 nitrogen and oxygen atoms in total. The minimum absolute atomic E-state index is 0.0133. The van der Waals surface area contributed by atoms with E-state index in [0.717, 1.165) is 12.8 Å². The number of nitrogens with zero attached hydrogens (tertiary/aromatic N) is 2. The number of carbonyl (C=O) groups is 1. The van der Waals surface area contributed by atoms with E-state index in [-0.39, 0.29) is 39.6 Å². The van der Waals surface area contributed by atoms with Crippen LogP contribution < -0.4 is 5.32 Å². The van der Waals surface area contributed by atoms with E-state index in [4.69, 9.17) is 39.5 Å². The Morgan fingerprint density at radius 2 is 2.07 bits per heavy atom. The average molecular weight is 545 g/mol. The van der Waals surface area contributed by atoms with Crippen LogP contribution in [0.1, 0.15) is 40.6 Å². The van der Waals surface area contributed by atoms with Crippen LogP contribution in [0.4, 0.5) is 10.2 Å². The largest absolute Gasteiger partial charge is 0.464 e. The summed E-state index contributed by atoms with van der Waals surface area (Å²) in [6, 6.07) is 4.56. The number of ether oxygens (including phenoxy) is 1. The minimum Gasteiger partial charge on any atom is -0.464 e. The van der Waals surface area contributed by atoms with Gasteiger partial charge in [-0.25, -0.2) is 19.2 Å². The maximum atomic E-state index is 15.2. The number of esters is 1. The number of aromatic nitrogens is 2. The van der Waals surface area contributed by atoms with Crippen molar-refractivity contribution in [2.45, 2.75) is 22.4 Å². The van der Waals surface area contributed by atoms with Crippen LogP contribution in [0, 0.1) is 0 Å². The van der Waals surface area contributed by atoms with Gasteiger partial charge in [0.25, 0.3) is 0 Å². The molecule has 1 aromatic carbocycles. The molecule has 10 heteroatoms. The summed E-state index contributed by atoms with van der Waals surface area (Å²) in [6.07, 6.45) is 1.86. The van der Waals surface area contributed by atoms with Crippen LogP contribution in [0.5, 0.6) is 0 Å². The van der Waals surface area contributed by atoms with E-state index in [0.29, 0.717) is 10.8 Å². The van der Waals surface area contributed by atoms with Crippen molar-refractivity contribution in [3.8, 4) is 0 Å². The lowest BCUT2D eigenvalue weighted by Crippen LogP contribution is -2.24. The molecule has 0 amide bonds. The molecule has 144 valence electrons. The topological polar surface area (TPSA) is 64.1 Å². The summed E-state index contributed by atoms with van der Waals surface area (Å²) in [5.41, 5.74) is 0.225. The van der Waals surface area contributed by atoms with Crippen LogP contribution in [0.2, 0.25) is 15.1 Å². The van der Waals surface area contributed by atoms with Crippen molar-refractivity contribution < 1.29 is 13.9 Å². The molecule has 1 aromatic heterocycles. The molecular weight excluding hydrogens is 530 g/mol. The quantitative estimate of drug-likeness (QED) is 0.284. The zero-order valence-electron chi connectivity index (χ0n) is 14.0. The number of alkyl halides is 2. The summed E-state index contributed by atoms with van der Waals surface area (Å²) in [6.45, 7) is -0.184. The Balaban J connectivity index is 1.88. The number of carbonyl (C=O) groups excluding carboxylic acids is 1. The molecule has 0 saturated heterocycles. The predicted molar refractivity (Wildman–Crippen MR) is 112 cm³/mol. The van der Waals surface area contributed by atoms with Crippen LogP contribution >= 0.6 is 57.4 Å². The van der Waals surface area contributed by atoms with E-state index in [2.05, 4.69) is 15.3 Å². The maximum Gasteiger partial charge on any atom is 0.358 e. The zero-order valence-corrected chi connectivity index (χ0v) is 18.5. The van der Waals surface area contributed by atoms with Gasteiger partial charge in [-0.3, -0.25) is 0 Å². The fraction of sp³-hybridized carbons (Fsp3) is 0.353. The lowest BCUT2D eigenvalue weighted by Gasteiger charge is -2.22. The average Bonchev–Trinajstić information content (AvgIpc) is 3.45. The van der Waals surface area contributed by atoms with Gasteiger partial charge < -0.3 is 10.1 Å². The third kappa shape index (κ3) is 4.75. The number of benzene rings is 1. The smallest absolute Gasteiger partial charge is 0.358 e. The van der Waals surface area contributed by atoms with Gasteiger partial charge in [0.1, 0.15) is 16.7 Å². The first-order chi connectivity index (χ1) is 12.7. The number of nitrogens with one attached hydrogen (secondary N) is 1. The van der Waals surface area contributed by atoms with Crippen molar-refractivity contribution in [2.75, 3.05) is 19.0 Å². The van der Waals surface area contributed by atoms with Crippen LogP contribution in [-0.2, 0) is 8.41 Å². The Hall–Kier alpha value is -0.900. The van der Waals surface area contributed by atoms with Gasteiger partial charge in [0.05, 0.1) is 13.7 Å². The Morgan fingerprint density at radius 3 is 2.67 bits per heavy atom. The summed E-state index contributed by atoms with van der Waals surface area (Å²) < 4.78 is 18.1. The van der Waals surface area contributed by atoms with Crippen LogP contribution in [0.25, 0.3) is 0 Å². The van der Waals surface area contributed by atoms with Crippen molar-refractivity contribution in [1.82, 2.24) is 9.97 Å². The summed E-state index contributed by atoms with van der Waals surface area (Å²) in [5.74, 6) is 0.170. The summed E-state index contributed by atoms with van der Waals surface area (Å²) in [7, 11) is 1.24. The van der Waals surface area contributed by atoms with Crippen molar-refractivity contribution in [3.05, 3.63) is 50.3 Å². The molecule has 1 N–H and O–H groups in total. The first-order valence-electron chi connectivity index (χ1n) is 7.96. The molecule has 1 atom stereocenters. The number of halogens is 5. The van der Waals surface area contributed by atoms with Gasteiger partial charge >= 0.3 is 5.97 Å². The van der Waals surface area contributed by atoms with E-state index < -0.39 is 9.64 Å². The first-order valence-corrected chi connectivity index (χ1v) is 10.2. The fourth-order valence-corrected chi connectivity index (χ4v) is 4.02. The van der Waals surface area contributed by atoms with Gasteiger partial charge in [-0.1, -0.05) is 40.9 Å². The molecule has 0 spiro atoms. The van der Waals surface area contributed by atoms with Crippen LogP contribution in [0.3, 0.4) is 0 Å². The lowest BCUT2D eigenvalue weighted by molar-refractivity contribution is 0.0593. The molecule has 1 aliphatic rings. The Morgan fingerprint density at radius 1 is 1.37 bits per heavy atom. The monoisotopic (exact) mass is 543 g/mol. The number of rotatable bonds is 6. The van der Waals surface area contributed by atoms with Gasteiger partial charge in [-0.15, -0.1) is 0 Å². The molecule has 0 aliphatic heterocycles. The molecule has 0 radical (unpaired) electrons. The summed E-state index contributed by atoms with van der Waals surface area (Å²) >= 11 is 19.9. The fourth-order valence-electron chi connectivity index (χ4n) is 2.41. The highest BCUT2D eigenvalue weighted by Gasteiger charge is 2.33. The molecule has 1 unspecified atom stereocenters. The standard InChI is InChI=1S/C17H14Cl3FIN3O2/c1-27-16(26)13-12(20)15(25-14(24-13)8-2-3-8)23-7-17(21,22)10-5-4-9(18)6-11(10)19/h4-6,8H,2-3,7H2,1H3,(H,23,24,25). The molecular formula is C17H14Cl3FIN3O2. The second-order valence-electron chi connectivity index (χ2n) is 6.04. The zero-order chi connectivity index (χ0) is 19.8. The Bertz CT molecular complexity index is 894. The second-order valence-corrected chi connectivity index (χ2v) is 8.97. The highest BCUT2D eigenvalue weighted by molar-refractivity contribution is 14.1. The van der Waals surface area contributed by atoms with Gasteiger partial charge in [0.2, 0.25) is 3.68 Å². The van der Waals surface area contributed by atoms with Crippen molar-refractivity contribution in [3.63, 3.8) is 0 Å². The third-order valence-corrected chi connectivity index (χ3v) is 5.86. The molecule has 0 bridgehead atoms. The molecule has 2 aromatic rings. The van der Waals surface area contributed by atoms with E-state index in [1.54, 1.807) is 28.7 Å². The van der Waals surface area contributed by atoms with Gasteiger partial charge in [-0.2, -0.15) is 0 Å². The van der Waals surface area contributed by atoms with Crippen molar-refractivity contribution >= 4 is 69.2 Å². The normalized spacial score (nSPS) is 15.9. The first kappa shape index (κ1) is 20.8. The second kappa shape index (κ2) is 8.23. The molecule has 1 aliphatic carbocycles. The molecule has 3 rings (SSSR count). The molecule has 1 fully saturated rings. The van der Waals surface area contributed by atoms with Gasteiger partial charge in [0, 0.05) is 21.5 Å². The minimum atomic E-state index is -1.86. The Kier molecular flexibility index (Phi) is 6.34. The SMILES string of the molecule is COC(=O)c1nc(C2CC2)nc(NCC(F)(I)c2ccc(Cl)cc2Cl)c1Cl. The lowest BCUT2D eigenvalue weighted by atomic mass is 10.1. The number of hydrogen-bond donors (Lipinski definition) is 1.